The van der Waals surface area contributed by atoms with Gasteiger partial charge in [0.15, 0.2) is 0 Å². The lowest BCUT2D eigenvalue weighted by Gasteiger charge is -1.98. The van der Waals surface area contributed by atoms with Gasteiger partial charge >= 0.3 is 8.60 Å². The largest absolute Gasteiger partial charge is 0.329 e. The molecule has 1 rings (SSSR count). The maximum atomic E-state index is 9.44. The lowest BCUT2D eigenvalue weighted by atomic mass is 10.2. The predicted molar refractivity (Wildman–Crippen MR) is 73.8 cm³/mol. The standard InChI is InChI=1S/C7H9N.C3H6O.C2H7O3P/c8-6-7-4-2-1-3-5-7;1-3(2)4;1-4-6(3)5-2/h1-5H,6,8H2;1-2H3;3H,1-2H3. The second kappa shape index (κ2) is 14.2. The summed E-state index contributed by atoms with van der Waals surface area (Å²) in [4.78, 5) is 17.7. The molecule has 0 saturated carbocycles. The van der Waals surface area contributed by atoms with E-state index in [2.05, 4.69) is 9.05 Å². The van der Waals surface area contributed by atoms with Crippen LogP contribution >= 0.6 is 8.60 Å². The van der Waals surface area contributed by atoms with Gasteiger partial charge in [-0.05, 0) is 19.4 Å². The lowest BCUT2D eigenvalue weighted by molar-refractivity contribution is -0.114. The SMILES string of the molecule is CC(C)=O.COP(O)OC.NCc1ccccc1. The molecular weight excluding hydrogens is 253 g/mol. The van der Waals surface area contributed by atoms with Crippen molar-refractivity contribution in [1.29, 1.82) is 0 Å². The summed E-state index contributed by atoms with van der Waals surface area (Å²) in [5.74, 6) is 0.167. The molecule has 0 aliphatic heterocycles. The number of carbonyl (C=O) groups excluding carboxylic acids is 1. The van der Waals surface area contributed by atoms with Crippen LogP contribution in [0.1, 0.15) is 19.4 Å². The summed E-state index contributed by atoms with van der Waals surface area (Å²) in [6.45, 7) is 3.70. The second-order valence-corrected chi connectivity index (χ2v) is 4.41. The van der Waals surface area contributed by atoms with Gasteiger partial charge in [-0.1, -0.05) is 30.3 Å². The third-order valence-corrected chi connectivity index (χ3v) is 2.02. The fraction of sp³-hybridized carbons (Fsp3) is 0.417. The van der Waals surface area contributed by atoms with Gasteiger partial charge < -0.3 is 24.5 Å². The molecule has 18 heavy (non-hydrogen) atoms. The van der Waals surface area contributed by atoms with Crippen LogP contribution in [-0.2, 0) is 20.4 Å². The zero-order valence-corrected chi connectivity index (χ0v) is 12.2. The Morgan fingerprint density at radius 3 is 1.78 bits per heavy atom. The van der Waals surface area contributed by atoms with Crippen molar-refractivity contribution in [1.82, 2.24) is 0 Å². The van der Waals surface area contributed by atoms with Gasteiger partial charge in [0.2, 0.25) is 0 Å². The molecule has 0 spiro atoms. The van der Waals surface area contributed by atoms with Crippen molar-refractivity contribution in [3.8, 4) is 0 Å². The number of rotatable bonds is 3. The summed E-state index contributed by atoms with van der Waals surface area (Å²) >= 11 is 0. The quantitative estimate of drug-likeness (QED) is 0.827. The minimum Gasteiger partial charge on any atom is -0.328 e. The molecule has 1 aromatic carbocycles. The maximum Gasteiger partial charge on any atom is 0.329 e. The number of carbonyl (C=O) groups is 1. The van der Waals surface area contributed by atoms with Crippen molar-refractivity contribution in [2.75, 3.05) is 14.2 Å². The van der Waals surface area contributed by atoms with Crippen molar-refractivity contribution in [3.05, 3.63) is 35.9 Å². The molecule has 0 atom stereocenters. The Morgan fingerprint density at radius 1 is 1.22 bits per heavy atom. The van der Waals surface area contributed by atoms with Gasteiger partial charge in [0.1, 0.15) is 5.78 Å². The first-order valence-electron chi connectivity index (χ1n) is 5.26. The summed E-state index contributed by atoms with van der Waals surface area (Å²) in [6.07, 6.45) is 0. The molecule has 0 aromatic heterocycles. The molecule has 0 unspecified atom stereocenters. The molecule has 0 aliphatic rings. The van der Waals surface area contributed by atoms with Crippen molar-refractivity contribution in [2.45, 2.75) is 20.4 Å². The molecule has 0 bridgehead atoms. The van der Waals surface area contributed by atoms with Gasteiger partial charge in [-0.2, -0.15) is 0 Å². The first kappa shape index (κ1) is 19.5. The van der Waals surface area contributed by atoms with E-state index < -0.39 is 8.60 Å². The number of hydrogen-bond acceptors (Lipinski definition) is 5. The van der Waals surface area contributed by atoms with E-state index in [-0.39, 0.29) is 5.78 Å². The molecule has 0 saturated heterocycles. The van der Waals surface area contributed by atoms with Gasteiger partial charge in [0.25, 0.3) is 0 Å². The third kappa shape index (κ3) is 17.6. The van der Waals surface area contributed by atoms with Crippen LogP contribution in [0.4, 0.5) is 0 Å². The summed E-state index contributed by atoms with van der Waals surface area (Å²) in [5.41, 5.74) is 6.54. The van der Waals surface area contributed by atoms with E-state index in [1.807, 2.05) is 30.3 Å². The van der Waals surface area contributed by atoms with E-state index in [0.717, 1.165) is 0 Å². The maximum absolute atomic E-state index is 9.44. The van der Waals surface area contributed by atoms with Gasteiger partial charge in [0.05, 0.1) is 0 Å². The highest BCUT2D eigenvalue weighted by Gasteiger charge is 1.94. The molecular formula is C12H22NO4P. The van der Waals surface area contributed by atoms with E-state index in [0.29, 0.717) is 6.54 Å². The van der Waals surface area contributed by atoms with Gasteiger partial charge in [-0.3, -0.25) is 0 Å². The lowest BCUT2D eigenvalue weighted by Crippen LogP contribution is -1.94. The fourth-order valence-corrected chi connectivity index (χ4v) is 0.838. The first-order valence-corrected chi connectivity index (χ1v) is 6.39. The summed E-state index contributed by atoms with van der Waals surface area (Å²) in [5, 5.41) is 0. The van der Waals surface area contributed by atoms with Crippen LogP contribution in [0.2, 0.25) is 0 Å². The van der Waals surface area contributed by atoms with E-state index in [1.165, 1.54) is 33.6 Å². The van der Waals surface area contributed by atoms with Crippen LogP contribution in [0.15, 0.2) is 30.3 Å². The smallest absolute Gasteiger partial charge is 0.328 e. The Hall–Kier alpha value is -0.840. The number of benzene rings is 1. The van der Waals surface area contributed by atoms with Gasteiger partial charge in [-0.15, -0.1) is 0 Å². The molecule has 0 aliphatic carbocycles. The molecule has 104 valence electrons. The third-order valence-electron chi connectivity index (χ3n) is 1.39. The minimum absolute atomic E-state index is 0.167. The van der Waals surface area contributed by atoms with Crippen molar-refractivity contribution < 1.29 is 18.7 Å². The zero-order chi connectivity index (χ0) is 14.4. The molecule has 0 fully saturated rings. The Bertz CT molecular complexity index is 287. The zero-order valence-electron chi connectivity index (χ0n) is 11.3. The Morgan fingerprint density at radius 2 is 1.61 bits per heavy atom. The Balaban J connectivity index is 0. The molecule has 3 N–H and O–H groups in total. The highest BCUT2D eigenvalue weighted by Crippen LogP contribution is 2.28. The van der Waals surface area contributed by atoms with Crippen molar-refractivity contribution in [3.63, 3.8) is 0 Å². The first-order chi connectivity index (χ1) is 8.47. The predicted octanol–water partition coefficient (Wildman–Crippen LogP) is 2.24. The Labute approximate surface area is 110 Å². The van der Waals surface area contributed by atoms with E-state index in [9.17, 15) is 4.79 Å². The summed E-state index contributed by atoms with van der Waals surface area (Å²) < 4.78 is 8.59. The average molecular weight is 275 g/mol. The number of ketones is 1. The van der Waals surface area contributed by atoms with Crippen molar-refractivity contribution in [2.24, 2.45) is 5.73 Å². The highest BCUT2D eigenvalue weighted by atomic mass is 31.2. The summed E-state index contributed by atoms with van der Waals surface area (Å²) in [7, 11) is 1.19. The van der Waals surface area contributed by atoms with Gasteiger partial charge in [-0.25, -0.2) is 0 Å². The minimum atomic E-state index is -1.58. The van der Waals surface area contributed by atoms with Gasteiger partial charge in [0, 0.05) is 20.8 Å². The topological polar surface area (TPSA) is 81.8 Å². The Kier molecular flexibility index (Phi) is 15.4. The van der Waals surface area contributed by atoms with E-state index >= 15 is 0 Å². The van der Waals surface area contributed by atoms with E-state index in [4.69, 9.17) is 10.6 Å². The van der Waals surface area contributed by atoms with Crippen LogP contribution < -0.4 is 5.73 Å². The monoisotopic (exact) mass is 275 g/mol. The fourth-order valence-electron chi connectivity index (χ4n) is 0.689. The number of nitrogens with two attached hydrogens (primary N) is 1. The van der Waals surface area contributed by atoms with Crippen LogP contribution in [0.5, 0.6) is 0 Å². The second-order valence-electron chi connectivity index (χ2n) is 3.20. The normalized spacial score (nSPS) is 8.83. The highest BCUT2D eigenvalue weighted by molar-refractivity contribution is 7.40. The van der Waals surface area contributed by atoms with E-state index in [1.54, 1.807) is 0 Å². The molecule has 6 heteroatoms. The molecule has 0 amide bonds. The molecule has 1 aromatic rings. The average Bonchev–Trinajstić information content (AvgIpc) is 2.38. The van der Waals surface area contributed by atoms with Crippen LogP contribution in [0.3, 0.4) is 0 Å². The molecule has 0 radical (unpaired) electrons. The molecule has 5 nitrogen and oxygen atoms in total. The van der Waals surface area contributed by atoms with Crippen LogP contribution in [0.25, 0.3) is 0 Å². The van der Waals surface area contributed by atoms with Crippen LogP contribution in [-0.4, -0.2) is 24.9 Å². The number of Topliss-reactive ketones (excluding diaryl/α,β-unsaturated/α-hetero) is 1. The number of hydrogen-bond donors (Lipinski definition) is 2. The van der Waals surface area contributed by atoms with Crippen molar-refractivity contribution >= 4 is 14.4 Å². The molecule has 0 heterocycles. The summed E-state index contributed by atoms with van der Waals surface area (Å²) in [6, 6.07) is 9.99. The van der Waals surface area contributed by atoms with Crippen LogP contribution in [0, 0.1) is 0 Å².